The average molecular weight is 367 g/mol. The van der Waals surface area contributed by atoms with Crippen LogP contribution >= 0.6 is 0 Å². The molecule has 4 rings (SSSR count). The molecular weight excluding hydrogens is 351 g/mol. The Morgan fingerprint density at radius 2 is 2.04 bits per heavy atom. The number of fused-ring (bicyclic) bond motifs is 1. The summed E-state index contributed by atoms with van der Waals surface area (Å²) in [6.07, 6.45) is -2.18. The normalized spacial score (nSPS) is 21.6. The van der Waals surface area contributed by atoms with Crippen LogP contribution in [0.1, 0.15) is 28.2 Å². The zero-order valence-corrected chi connectivity index (χ0v) is 13.9. The molecule has 26 heavy (non-hydrogen) atoms. The topological polar surface area (TPSA) is 73.1 Å². The van der Waals surface area contributed by atoms with E-state index in [2.05, 4.69) is 20.0 Å². The van der Waals surface area contributed by atoms with Crippen LogP contribution < -0.4 is 4.90 Å². The summed E-state index contributed by atoms with van der Waals surface area (Å²) in [4.78, 5) is 17.2. The van der Waals surface area contributed by atoms with Gasteiger partial charge in [-0.05, 0) is 24.3 Å². The molecule has 2 unspecified atom stereocenters. The molecule has 0 aromatic carbocycles. The van der Waals surface area contributed by atoms with Gasteiger partial charge in [-0.25, -0.2) is 14.5 Å². The lowest BCUT2D eigenvalue weighted by molar-refractivity contribution is -0.141. The van der Waals surface area contributed by atoms with Crippen molar-refractivity contribution in [1.29, 1.82) is 0 Å². The number of hydrogen-bond acceptors (Lipinski definition) is 6. The molecule has 2 aliphatic rings. The van der Waals surface area contributed by atoms with Gasteiger partial charge in [-0.3, -0.25) is 0 Å². The Labute approximate surface area is 146 Å². The molecular formula is C16H16F3N5O2. The molecule has 1 aliphatic carbocycles. The van der Waals surface area contributed by atoms with Crippen molar-refractivity contribution in [3.8, 4) is 0 Å². The number of alkyl halides is 3. The molecule has 0 amide bonds. The first-order valence-corrected chi connectivity index (χ1v) is 8.15. The number of methoxy groups -OCH3 is 1. The van der Waals surface area contributed by atoms with Gasteiger partial charge in [0, 0.05) is 18.7 Å². The van der Waals surface area contributed by atoms with Gasteiger partial charge in [0.05, 0.1) is 19.9 Å². The summed E-state index contributed by atoms with van der Waals surface area (Å²) in [7, 11) is 1.19. The van der Waals surface area contributed by atoms with E-state index < -0.39 is 17.8 Å². The maximum atomic E-state index is 13.5. The smallest absolute Gasteiger partial charge is 0.433 e. The number of ether oxygens (including phenoxy) is 1. The third kappa shape index (κ3) is 3.11. The number of esters is 1. The van der Waals surface area contributed by atoms with Crippen molar-refractivity contribution < 1.29 is 22.7 Å². The Hall–Kier alpha value is -2.65. The highest BCUT2D eigenvalue weighted by Crippen LogP contribution is 2.46. The van der Waals surface area contributed by atoms with Gasteiger partial charge in [0.25, 0.3) is 0 Å². The number of carbonyl (C=O) groups excluding carboxylic acids is 1. The van der Waals surface area contributed by atoms with E-state index in [4.69, 9.17) is 0 Å². The van der Waals surface area contributed by atoms with Gasteiger partial charge in [0.2, 0.25) is 0 Å². The predicted octanol–water partition coefficient (Wildman–Crippen LogP) is 1.98. The van der Waals surface area contributed by atoms with Gasteiger partial charge >= 0.3 is 12.1 Å². The van der Waals surface area contributed by atoms with Gasteiger partial charge in [0.15, 0.2) is 11.4 Å². The SMILES string of the molecule is COC(=O)c1cn(Cc2ccc(N3CC4CC4C3)nc2C(F)(F)F)nn1. The van der Waals surface area contributed by atoms with Crippen LogP contribution in [0, 0.1) is 11.8 Å². The molecule has 2 aromatic rings. The molecule has 0 bridgehead atoms. The van der Waals surface area contributed by atoms with Crippen molar-refractivity contribution >= 4 is 11.8 Å². The summed E-state index contributed by atoms with van der Waals surface area (Å²) >= 11 is 0. The Morgan fingerprint density at radius 1 is 1.31 bits per heavy atom. The number of piperidine rings is 1. The zero-order chi connectivity index (χ0) is 18.5. The molecule has 2 aromatic heterocycles. The number of hydrogen-bond donors (Lipinski definition) is 0. The van der Waals surface area contributed by atoms with Gasteiger partial charge in [-0.1, -0.05) is 11.3 Å². The Morgan fingerprint density at radius 3 is 2.69 bits per heavy atom. The van der Waals surface area contributed by atoms with E-state index in [1.165, 1.54) is 19.4 Å². The average Bonchev–Trinajstić information content (AvgIpc) is 3.00. The highest BCUT2D eigenvalue weighted by Gasteiger charge is 2.46. The van der Waals surface area contributed by atoms with Crippen molar-refractivity contribution in [2.45, 2.75) is 19.1 Å². The van der Waals surface area contributed by atoms with Gasteiger partial charge in [-0.15, -0.1) is 5.10 Å². The minimum absolute atomic E-state index is 0.0353. The van der Waals surface area contributed by atoms with Gasteiger partial charge in [0.1, 0.15) is 5.82 Å². The molecule has 3 heterocycles. The number of nitrogens with zero attached hydrogens (tertiary/aromatic N) is 5. The van der Waals surface area contributed by atoms with E-state index in [0.29, 0.717) is 17.7 Å². The van der Waals surface area contributed by atoms with Crippen molar-refractivity contribution in [1.82, 2.24) is 20.0 Å². The first-order valence-electron chi connectivity index (χ1n) is 8.15. The fraction of sp³-hybridized carbons (Fsp3) is 0.500. The Kier molecular flexibility index (Phi) is 3.85. The lowest BCUT2D eigenvalue weighted by atomic mass is 10.1. The summed E-state index contributed by atoms with van der Waals surface area (Å²) in [5.74, 6) is 0.839. The highest BCUT2D eigenvalue weighted by atomic mass is 19.4. The molecule has 7 nitrogen and oxygen atoms in total. The summed E-state index contributed by atoms with van der Waals surface area (Å²) < 4.78 is 46.1. The summed E-state index contributed by atoms with van der Waals surface area (Å²) in [6.45, 7) is 1.33. The first kappa shape index (κ1) is 16.8. The van der Waals surface area contributed by atoms with Crippen LogP contribution in [0.3, 0.4) is 0 Å². The number of rotatable bonds is 4. The van der Waals surface area contributed by atoms with E-state index in [-0.39, 0.29) is 17.8 Å². The minimum atomic E-state index is -4.58. The molecule has 2 atom stereocenters. The van der Waals surface area contributed by atoms with E-state index in [1.807, 2.05) is 4.90 Å². The van der Waals surface area contributed by atoms with Gasteiger partial charge < -0.3 is 9.64 Å². The van der Waals surface area contributed by atoms with Crippen LogP contribution in [-0.4, -0.2) is 46.1 Å². The number of halogens is 3. The monoisotopic (exact) mass is 367 g/mol. The molecule has 0 spiro atoms. The third-order valence-corrected chi connectivity index (χ3v) is 4.80. The summed E-state index contributed by atoms with van der Waals surface area (Å²) in [6, 6.07) is 3.02. The molecule has 10 heteroatoms. The largest absolute Gasteiger partial charge is 0.464 e. The molecule has 1 saturated carbocycles. The lowest BCUT2D eigenvalue weighted by Gasteiger charge is -2.21. The molecule has 0 N–H and O–H groups in total. The van der Waals surface area contributed by atoms with Crippen molar-refractivity contribution in [3.05, 3.63) is 35.3 Å². The fourth-order valence-corrected chi connectivity index (χ4v) is 3.36. The second kappa shape index (κ2) is 5.96. The third-order valence-electron chi connectivity index (χ3n) is 4.80. The first-order chi connectivity index (χ1) is 12.3. The van der Waals surface area contributed by atoms with E-state index in [0.717, 1.165) is 24.2 Å². The Balaban J connectivity index is 1.60. The van der Waals surface area contributed by atoms with Crippen LogP contribution in [0.15, 0.2) is 18.3 Å². The number of anilines is 1. The van der Waals surface area contributed by atoms with Crippen LogP contribution in [0.2, 0.25) is 0 Å². The summed E-state index contributed by atoms with van der Waals surface area (Å²) in [5, 5.41) is 7.28. The lowest BCUT2D eigenvalue weighted by Crippen LogP contribution is -2.25. The van der Waals surface area contributed by atoms with Crippen LogP contribution in [0.25, 0.3) is 0 Å². The van der Waals surface area contributed by atoms with E-state index in [9.17, 15) is 18.0 Å². The molecule has 138 valence electrons. The number of pyridine rings is 1. The standard InChI is InChI=1S/C16H16F3N5O2/c1-26-15(25)12-8-24(22-21-12)7-9-2-3-13(20-14(9)16(17,18)19)23-5-10-4-11(10)6-23/h2-3,8,10-11H,4-7H2,1H3. The predicted molar refractivity (Wildman–Crippen MR) is 83.5 cm³/mol. The van der Waals surface area contributed by atoms with Crippen LogP contribution in [0.4, 0.5) is 19.0 Å². The highest BCUT2D eigenvalue weighted by molar-refractivity contribution is 5.86. The number of carbonyl (C=O) groups is 1. The minimum Gasteiger partial charge on any atom is -0.464 e. The second-order valence-corrected chi connectivity index (χ2v) is 6.63. The quantitative estimate of drug-likeness (QED) is 0.770. The molecule has 1 saturated heterocycles. The van der Waals surface area contributed by atoms with Crippen LogP contribution in [0.5, 0.6) is 0 Å². The molecule has 0 radical (unpaired) electrons. The number of aromatic nitrogens is 4. The zero-order valence-electron chi connectivity index (χ0n) is 13.9. The van der Waals surface area contributed by atoms with Gasteiger partial charge in [-0.2, -0.15) is 13.2 Å². The van der Waals surface area contributed by atoms with E-state index in [1.54, 1.807) is 6.07 Å². The maximum Gasteiger partial charge on any atom is 0.433 e. The summed E-state index contributed by atoms with van der Waals surface area (Å²) in [5.41, 5.74) is -1.04. The Bertz CT molecular complexity index is 841. The van der Waals surface area contributed by atoms with Crippen molar-refractivity contribution in [3.63, 3.8) is 0 Å². The molecule has 1 aliphatic heterocycles. The van der Waals surface area contributed by atoms with Crippen molar-refractivity contribution in [2.24, 2.45) is 11.8 Å². The van der Waals surface area contributed by atoms with E-state index >= 15 is 0 Å². The van der Waals surface area contributed by atoms with Crippen LogP contribution in [-0.2, 0) is 17.5 Å². The second-order valence-electron chi connectivity index (χ2n) is 6.63. The van der Waals surface area contributed by atoms with Crippen molar-refractivity contribution in [2.75, 3.05) is 25.1 Å². The fourth-order valence-electron chi connectivity index (χ4n) is 3.36. The molecule has 2 fully saturated rings. The maximum absolute atomic E-state index is 13.5.